The molecule has 0 atom stereocenters. The first-order valence-electron chi connectivity index (χ1n) is 5.98. The van der Waals surface area contributed by atoms with Crippen molar-refractivity contribution in [1.29, 1.82) is 0 Å². The Hall–Kier alpha value is -1.45. The van der Waals surface area contributed by atoms with Gasteiger partial charge in [0.2, 0.25) is 0 Å². The zero-order chi connectivity index (χ0) is 13.1. The van der Waals surface area contributed by atoms with Gasteiger partial charge in [-0.1, -0.05) is 0 Å². The molecule has 0 aliphatic rings. The van der Waals surface area contributed by atoms with Gasteiger partial charge in [0.1, 0.15) is 0 Å². The fraction of sp³-hybridized carbons (Fsp3) is 0.615. The van der Waals surface area contributed by atoms with Crippen LogP contribution in [0.2, 0.25) is 0 Å². The van der Waals surface area contributed by atoms with Crippen LogP contribution in [0.4, 0.5) is 4.79 Å². The molecule has 17 heavy (non-hydrogen) atoms. The fourth-order valence-corrected chi connectivity index (χ4v) is 1.72. The highest BCUT2D eigenvalue weighted by Gasteiger charge is 2.12. The Kier molecular flexibility index (Phi) is 4.21. The number of aromatic nitrogens is 1. The van der Waals surface area contributed by atoms with Crippen molar-refractivity contribution in [2.45, 2.75) is 46.7 Å². The van der Waals surface area contributed by atoms with E-state index in [1.54, 1.807) is 0 Å². The molecule has 0 aliphatic heterocycles. The van der Waals surface area contributed by atoms with E-state index in [4.69, 9.17) is 0 Å². The quantitative estimate of drug-likeness (QED) is 0.831. The second kappa shape index (κ2) is 5.25. The number of nitrogens with zero attached hydrogens (tertiary/aromatic N) is 1. The van der Waals surface area contributed by atoms with Gasteiger partial charge in [-0.3, -0.25) is 0 Å². The van der Waals surface area contributed by atoms with E-state index in [-0.39, 0.29) is 11.6 Å². The third-order valence-electron chi connectivity index (χ3n) is 2.53. The van der Waals surface area contributed by atoms with Crippen molar-refractivity contribution in [3.63, 3.8) is 0 Å². The standard InChI is InChI=1S/C13H23N3O/c1-10-6-7-11(2)16(10)9-8-14-12(17)15-13(3,4)5/h6-7H,8-9H2,1-5H3,(H2,14,15,17). The van der Waals surface area contributed by atoms with Crippen LogP contribution in [0.3, 0.4) is 0 Å². The monoisotopic (exact) mass is 237 g/mol. The molecular weight excluding hydrogens is 214 g/mol. The van der Waals surface area contributed by atoms with Crippen molar-refractivity contribution in [3.05, 3.63) is 23.5 Å². The maximum atomic E-state index is 11.5. The van der Waals surface area contributed by atoms with Gasteiger partial charge in [-0.25, -0.2) is 4.79 Å². The van der Waals surface area contributed by atoms with Gasteiger partial charge in [-0.2, -0.15) is 0 Å². The molecule has 0 spiro atoms. The van der Waals surface area contributed by atoms with Gasteiger partial charge in [0.25, 0.3) is 0 Å². The summed E-state index contributed by atoms with van der Waals surface area (Å²) in [5.41, 5.74) is 2.25. The predicted octanol–water partition coefficient (Wildman–Crippen LogP) is 2.20. The first-order valence-corrected chi connectivity index (χ1v) is 5.98. The van der Waals surface area contributed by atoms with Crippen molar-refractivity contribution in [2.24, 2.45) is 0 Å². The Morgan fingerprint density at radius 3 is 2.24 bits per heavy atom. The van der Waals surface area contributed by atoms with Gasteiger partial charge >= 0.3 is 6.03 Å². The van der Waals surface area contributed by atoms with Crippen LogP contribution in [-0.4, -0.2) is 22.7 Å². The van der Waals surface area contributed by atoms with Crippen LogP contribution in [0.15, 0.2) is 12.1 Å². The summed E-state index contributed by atoms with van der Waals surface area (Å²) in [5.74, 6) is 0. The molecular formula is C13H23N3O. The molecule has 0 fully saturated rings. The van der Waals surface area contributed by atoms with E-state index in [1.807, 2.05) is 20.8 Å². The molecule has 1 rings (SSSR count). The van der Waals surface area contributed by atoms with E-state index >= 15 is 0 Å². The van der Waals surface area contributed by atoms with Gasteiger partial charge in [0.05, 0.1) is 0 Å². The summed E-state index contributed by atoms with van der Waals surface area (Å²) in [6, 6.07) is 4.06. The summed E-state index contributed by atoms with van der Waals surface area (Å²) in [6.45, 7) is 11.5. The van der Waals surface area contributed by atoms with E-state index in [0.717, 1.165) is 6.54 Å². The lowest BCUT2D eigenvalue weighted by atomic mass is 10.1. The van der Waals surface area contributed by atoms with Crippen molar-refractivity contribution < 1.29 is 4.79 Å². The van der Waals surface area contributed by atoms with Crippen LogP contribution >= 0.6 is 0 Å². The number of hydrogen-bond acceptors (Lipinski definition) is 1. The van der Waals surface area contributed by atoms with Gasteiger partial charge in [0, 0.05) is 30.0 Å². The molecule has 4 nitrogen and oxygen atoms in total. The SMILES string of the molecule is Cc1ccc(C)n1CCNC(=O)NC(C)(C)C. The van der Waals surface area contributed by atoms with Crippen molar-refractivity contribution in [1.82, 2.24) is 15.2 Å². The molecule has 2 N–H and O–H groups in total. The largest absolute Gasteiger partial charge is 0.347 e. The molecule has 0 radical (unpaired) electrons. The normalized spacial score (nSPS) is 11.4. The van der Waals surface area contributed by atoms with Gasteiger partial charge in [-0.15, -0.1) is 0 Å². The maximum Gasteiger partial charge on any atom is 0.315 e. The van der Waals surface area contributed by atoms with Crippen LogP contribution in [0.1, 0.15) is 32.2 Å². The lowest BCUT2D eigenvalue weighted by Gasteiger charge is -2.21. The van der Waals surface area contributed by atoms with E-state index in [9.17, 15) is 4.79 Å². The molecule has 2 amide bonds. The highest BCUT2D eigenvalue weighted by Crippen LogP contribution is 2.05. The third-order valence-corrected chi connectivity index (χ3v) is 2.53. The Balaban J connectivity index is 2.36. The number of hydrogen-bond donors (Lipinski definition) is 2. The number of nitrogens with one attached hydrogen (secondary N) is 2. The molecule has 1 heterocycles. The van der Waals surface area contributed by atoms with Gasteiger partial charge < -0.3 is 15.2 Å². The van der Waals surface area contributed by atoms with E-state index < -0.39 is 0 Å². The topological polar surface area (TPSA) is 46.1 Å². The fourth-order valence-electron chi connectivity index (χ4n) is 1.72. The number of urea groups is 1. The number of aryl methyl sites for hydroxylation is 2. The Bertz CT molecular complexity index is 368. The zero-order valence-corrected chi connectivity index (χ0v) is 11.4. The van der Waals surface area contributed by atoms with Crippen LogP contribution in [0.25, 0.3) is 0 Å². The molecule has 0 unspecified atom stereocenters. The Labute approximate surface area is 103 Å². The van der Waals surface area contributed by atoms with Crippen molar-refractivity contribution in [2.75, 3.05) is 6.54 Å². The molecule has 0 bridgehead atoms. The van der Waals surface area contributed by atoms with Crippen LogP contribution < -0.4 is 10.6 Å². The summed E-state index contributed by atoms with van der Waals surface area (Å²) in [4.78, 5) is 11.5. The minimum absolute atomic E-state index is 0.111. The maximum absolute atomic E-state index is 11.5. The number of carbonyl (C=O) groups excluding carboxylic acids is 1. The van der Waals surface area contributed by atoms with Crippen LogP contribution in [0, 0.1) is 13.8 Å². The molecule has 1 aromatic rings. The van der Waals surface area contributed by atoms with Crippen molar-refractivity contribution in [3.8, 4) is 0 Å². The summed E-state index contributed by atoms with van der Waals surface area (Å²) in [7, 11) is 0. The average Bonchev–Trinajstić information content (AvgIpc) is 2.46. The van der Waals surface area contributed by atoms with E-state index in [2.05, 4.69) is 41.2 Å². The minimum atomic E-state index is -0.191. The first kappa shape index (κ1) is 13.6. The average molecular weight is 237 g/mol. The number of rotatable bonds is 3. The molecule has 4 heteroatoms. The molecule has 96 valence electrons. The van der Waals surface area contributed by atoms with E-state index in [1.165, 1.54) is 11.4 Å². The smallest absolute Gasteiger partial charge is 0.315 e. The van der Waals surface area contributed by atoms with Gasteiger partial charge in [0.15, 0.2) is 0 Å². The second-order valence-electron chi connectivity index (χ2n) is 5.40. The summed E-state index contributed by atoms with van der Waals surface area (Å²) in [5, 5.41) is 5.73. The summed E-state index contributed by atoms with van der Waals surface area (Å²) in [6.07, 6.45) is 0. The third kappa shape index (κ3) is 4.51. The predicted molar refractivity (Wildman–Crippen MR) is 70.2 cm³/mol. The number of amides is 2. The Morgan fingerprint density at radius 2 is 1.76 bits per heavy atom. The molecule has 0 saturated carbocycles. The highest BCUT2D eigenvalue weighted by molar-refractivity contribution is 5.74. The summed E-state index contributed by atoms with van der Waals surface area (Å²) >= 11 is 0. The molecule has 0 aromatic carbocycles. The molecule has 0 aliphatic carbocycles. The van der Waals surface area contributed by atoms with Crippen LogP contribution in [-0.2, 0) is 6.54 Å². The van der Waals surface area contributed by atoms with Crippen molar-refractivity contribution >= 4 is 6.03 Å². The summed E-state index contributed by atoms with van der Waals surface area (Å²) < 4.78 is 2.19. The van der Waals surface area contributed by atoms with Gasteiger partial charge in [-0.05, 0) is 46.8 Å². The highest BCUT2D eigenvalue weighted by atomic mass is 16.2. The Morgan fingerprint density at radius 1 is 1.24 bits per heavy atom. The minimum Gasteiger partial charge on any atom is -0.347 e. The zero-order valence-electron chi connectivity index (χ0n) is 11.4. The van der Waals surface area contributed by atoms with Crippen LogP contribution in [0.5, 0.6) is 0 Å². The lowest BCUT2D eigenvalue weighted by molar-refractivity contribution is 0.231. The van der Waals surface area contributed by atoms with E-state index in [0.29, 0.717) is 6.54 Å². The first-order chi connectivity index (χ1) is 7.79. The molecule has 1 aromatic heterocycles. The molecule has 0 saturated heterocycles. The number of carbonyl (C=O) groups is 1. The second-order valence-corrected chi connectivity index (χ2v) is 5.40. The lowest BCUT2D eigenvalue weighted by Crippen LogP contribution is -2.47.